The van der Waals surface area contributed by atoms with Crippen LogP contribution in [0, 0.1) is 0 Å². The molecule has 0 aliphatic carbocycles. The van der Waals surface area contributed by atoms with Gasteiger partial charge in [0.25, 0.3) is 5.91 Å². The Balaban J connectivity index is 2.25. The van der Waals surface area contributed by atoms with E-state index in [0.29, 0.717) is 24.2 Å². The maximum Gasteiger partial charge on any atom is 0.256 e. The van der Waals surface area contributed by atoms with Gasteiger partial charge in [0.15, 0.2) is 0 Å². The molecule has 1 fully saturated rings. The Bertz CT molecular complexity index is 545. The molecule has 0 bridgehead atoms. The molecule has 2 amide bonds. The fourth-order valence-electron chi connectivity index (χ4n) is 2.45. The average Bonchev–Trinajstić information content (AvgIpc) is 2.86. The van der Waals surface area contributed by atoms with Crippen molar-refractivity contribution in [3.63, 3.8) is 0 Å². The van der Waals surface area contributed by atoms with Gasteiger partial charge in [0, 0.05) is 30.8 Å². The van der Waals surface area contributed by atoms with Crippen LogP contribution in [-0.2, 0) is 4.79 Å². The van der Waals surface area contributed by atoms with Gasteiger partial charge in [-0.05, 0) is 31.0 Å². The summed E-state index contributed by atoms with van der Waals surface area (Å²) >= 11 is 3.32. The Labute approximate surface area is 126 Å². The summed E-state index contributed by atoms with van der Waals surface area (Å²) in [6.45, 7) is 0.596. The van der Waals surface area contributed by atoms with E-state index in [0.717, 1.165) is 10.9 Å². The van der Waals surface area contributed by atoms with Gasteiger partial charge in [0.05, 0.1) is 5.56 Å². The van der Waals surface area contributed by atoms with Gasteiger partial charge in [-0.1, -0.05) is 15.9 Å². The molecule has 1 aliphatic rings. The number of hydrogen-bond donors (Lipinski definition) is 1. The molecule has 1 aliphatic heterocycles. The standard InChI is InChI=1S/C14H18BrN3O2/c1-17(2)14(20)12-4-3-7-18(12)13(19)10-6-5-9(15)8-11(10)16/h5-6,8,12H,3-4,7,16H2,1-2H3. The maximum absolute atomic E-state index is 12.6. The zero-order valence-corrected chi connectivity index (χ0v) is 13.2. The molecule has 0 aromatic heterocycles. The van der Waals surface area contributed by atoms with Crippen molar-refractivity contribution in [1.82, 2.24) is 9.80 Å². The van der Waals surface area contributed by atoms with Crippen molar-refractivity contribution in [3.8, 4) is 0 Å². The van der Waals surface area contributed by atoms with Crippen molar-refractivity contribution in [2.75, 3.05) is 26.4 Å². The fourth-order valence-corrected chi connectivity index (χ4v) is 2.83. The molecule has 108 valence electrons. The summed E-state index contributed by atoms with van der Waals surface area (Å²) in [5, 5.41) is 0. The SMILES string of the molecule is CN(C)C(=O)C1CCCN1C(=O)c1ccc(Br)cc1N. The van der Waals surface area contributed by atoms with Crippen LogP contribution in [0.3, 0.4) is 0 Å². The van der Waals surface area contributed by atoms with Gasteiger partial charge in [-0.25, -0.2) is 0 Å². The van der Waals surface area contributed by atoms with Crippen LogP contribution in [0.2, 0.25) is 0 Å². The number of amides is 2. The van der Waals surface area contributed by atoms with E-state index in [1.54, 1.807) is 37.2 Å². The summed E-state index contributed by atoms with van der Waals surface area (Å²) < 4.78 is 0.828. The van der Waals surface area contributed by atoms with Crippen LogP contribution >= 0.6 is 15.9 Å². The van der Waals surface area contributed by atoms with Crippen molar-refractivity contribution < 1.29 is 9.59 Å². The van der Waals surface area contributed by atoms with E-state index < -0.39 is 0 Å². The Morgan fingerprint density at radius 1 is 1.40 bits per heavy atom. The highest BCUT2D eigenvalue weighted by molar-refractivity contribution is 9.10. The molecule has 0 spiro atoms. The lowest BCUT2D eigenvalue weighted by molar-refractivity contribution is -0.132. The number of likely N-dealkylation sites (N-methyl/N-ethyl adjacent to an activating group) is 1. The first-order chi connectivity index (χ1) is 9.41. The molecule has 0 saturated carbocycles. The summed E-state index contributed by atoms with van der Waals surface area (Å²) in [6.07, 6.45) is 1.55. The number of hydrogen-bond acceptors (Lipinski definition) is 3. The second kappa shape index (κ2) is 5.83. The van der Waals surface area contributed by atoms with Crippen molar-refractivity contribution in [2.45, 2.75) is 18.9 Å². The van der Waals surface area contributed by atoms with Crippen LogP contribution in [0.1, 0.15) is 23.2 Å². The van der Waals surface area contributed by atoms with Gasteiger partial charge >= 0.3 is 0 Å². The molecule has 1 aromatic carbocycles. The number of nitrogen functional groups attached to an aromatic ring is 1. The van der Waals surface area contributed by atoms with Crippen LogP contribution in [0.4, 0.5) is 5.69 Å². The minimum atomic E-state index is -0.374. The number of rotatable bonds is 2. The lowest BCUT2D eigenvalue weighted by Crippen LogP contribution is -2.45. The zero-order chi connectivity index (χ0) is 14.9. The number of halogens is 1. The van der Waals surface area contributed by atoms with Gasteiger partial charge < -0.3 is 15.5 Å². The number of benzene rings is 1. The molecule has 20 heavy (non-hydrogen) atoms. The first-order valence-electron chi connectivity index (χ1n) is 6.49. The summed E-state index contributed by atoms with van der Waals surface area (Å²) in [5.74, 6) is -0.209. The topological polar surface area (TPSA) is 66.6 Å². The van der Waals surface area contributed by atoms with Crippen molar-refractivity contribution in [1.29, 1.82) is 0 Å². The third kappa shape index (κ3) is 2.80. The van der Waals surface area contributed by atoms with Gasteiger partial charge in [0.1, 0.15) is 6.04 Å². The number of nitrogens with two attached hydrogens (primary N) is 1. The fraction of sp³-hybridized carbons (Fsp3) is 0.429. The highest BCUT2D eigenvalue weighted by atomic mass is 79.9. The number of likely N-dealkylation sites (tertiary alicyclic amines) is 1. The predicted octanol–water partition coefficient (Wildman–Crippen LogP) is 1.72. The molecular formula is C14H18BrN3O2. The van der Waals surface area contributed by atoms with E-state index in [1.165, 1.54) is 4.90 Å². The molecule has 1 aromatic rings. The highest BCUT2D eigenvalue weighted by Gasteiger charge is 2.35. The molecule has 2 N–H and O–H groups in total. The van der Waals surface area contributed by atoms with Crippen LogP contribution in [0.25, 0.3) is 0 Å². The molecule has 0 radical (unpaired) electrons. The molecule has 2 rings (SSSR count). The zero-order valence-electron chi connectivity index (χ0n) is 11.6. The van der Waals surface area contributed by atoms with Crippen LogP contribution in [0.5, 0.6) is 0 Å². The van der Waals surface area contributed by atoms with Gasteiger partial charge in [0.2, 0.25) is 5.91 Å². The minimum absolute atomic E-state index is 0.0356. The Hall–Kier alpha value is -1.56. The third-order valence-corrected chi connectivity index (χ3v) is 3.98. The van der Waals surface area contributed by atoms with Crippen molar-refractivity contribution >= 4 is 33.4 Å². The predicted molar refractivity (Wildman–Crippen MR) is 81.3 cm³/mol. The van der Waals surface area contributed by atoms with E-state index in [4.69, 9.17) is 5.73 Å². The Kier molecular flexibility index (Phi) is 4.32. The van der Waals surface area contributed by atoms with Gasteiger partial charge in [-0.3, -0.25) is 9.59 Å². The highest BCUT2D eigenvalue weighted by Crippen LogP contribution is 2.25. The van der Waals surface area contributed by atoms with Gasteiger partial charge in [-0.2, -0.15) is 0 Å². The molecular weight excluding hydrogens is 322 g/mol. The van der Waals surface area contributed by atoms with E-state index in [2.05, 4.69) is 15.9 Å². The van der Waals surface area contributed by atoms with Crippen LogP contribution < -0.4 is 5.73 Å². The van der Waals surface area contributed by atoms with E-state index >= 15 is 0 Å². The first-order valence-corrected chi connectivity index (χ1v) is 7.28. The number of carbonyl (C=O) groups is 2. The molecule has 1 heterocycles. The summed E-state index contributed by atoms with van der Waals surface area (Å²) in [6, 6.07) is 4.80. The van der Waals surface area contributed by atoms with Gasteiger partial charge in [-0.15, -0.1) is 0 Å². The molecule has 5 nitrogen and oxygen atoms in total. The Morgan fingerprint density at radius 3 is 2.70 bits per heavy atom. The van der Waals surface area contributed by atoms with Crippen LogP contribution in [-0.4, -0.2) is 48.3 Å². The largest absolute Gasteiger partial charge is 0.398 e. The molecule has 6 heteroatoms. The average molecular weight is 340 g/mol. The smallest absolute Gasteiger partial charge is 0.256 e. The van der Waals surface area contributed by atoms with E-state index in [1.807, 2.05) is 0 Å². The first kappa shape index (κ1) is 14.8. The minimum Gasteiger partial charge on any atom is -0.398 e. The lowest BCUT2D eigenvalue weighted by Gasteiger charge is -2.26. The number of anilines is 1. The van der Waals surface area contributed by atoms with E-state index in [9.17, 15) is 9.59 Å². The number of nitrogens with zero attached hydrogens (tertiary/aromatic N) is 2. The molecule has 1 atom stereocenters. The second-order valence-corrected chi connectivity index (χ2v) is 6.04. The molecule has 1 unspecified atom stereocenters. The van der Waals surface area contributed by atoms with Crippen LogP contribution in [0.15, 0.2) is 22.7 Å². The normalized spacial score (nSPS) is 18.1. The lowest BCUT2D eigenvalue weighted by atomic mass is 10.1. The monoisotopic (exact) mass is 339 g/mol. The maximum atomic E-state index is 12.6. The third-order valence-electron chi connectivity index (χ3n) is 3.48. The summed E-state index contributed by atoms with van der Waals surface area (Å²) in [7, 11) is 3.41. The Morgan fingerprint density at radius 2 is 2.10 bits per heavy atom. The summed E-state index contributed by atoms with van der Waals surface area (Å²) in [5.41, 5.74) is 6.77. The van der Waals surface area contributed by atoms with Crippen molar-refractivity contribution in [2.24, 2.45) is 0 Å². The number of carbonyl (C=O) groups excluding carboxylic acids is 2. The van der Waals surface area contributed by atoms with E-state index in [-0.39, 0.29) is 17.9 Å². The molecule has 1 saturated heterocycles. The second-order valence-electron chi connectivity index (χ2n) is 5.12. The summed E-state index contributed by atoms with van der Waals surface area (Å²) in [4.78, 5) is 27.9. The van der Waals surface area contributed by atoms with Crippen molar-refractivity contribution in [3.05, 3.63) is 28.2 Å². The quantitative estimate of drug-likeness (QED) is 0.834.